The molecule has 0 aliphatic carbocycles. The van der Waals surface area contributed by atoms with Crippen LogP contribution in [-0.4, -0.2) is 34.3 Å². The number of rotatable bonds is 2. The molecule has 0 saturated carbocycles. The predicted molar refractivity (Wildman–Crippen MR) is 59.5 cm³/mol. The van der Waals surface area contributed by atoms with Crippen molar-refractivity contribution in [2.75, 3.05) is 12.3 Å². The van der Waals surface area contributed by atoms with Crippen molar-refractivity contribution in [1.82, 2.24) is 15.2 Å². The monoisotopic (exact) mass is 240 g/mol. The molecule has 1 unspecified atom stereocenters. The van der Waals surface area contributed by atoms with E-state index in [1.807, 2.05) is 0 Å². The maximum Gasteiger partial charge on any atom is 0.243 e. The zero-order valence-corrected chi connectivity index (χ0v) is 9.58. The van der Waals surface area contributed by atoms with Gasteiger partial charge in [0.05, 0.1) is 12.6 Å². The second kappa shape index (κ2) is 4.18. The Morgan fingerprint density at radius 3 is 3.06 bits per heavy atom. The predicted octanol–water partition coefficient (Wildman–Crippen LogP) is -0.428. The van der Waals surface area contributed by atoms with Crippen LogP contribution < -0.4 is 11.1 Å². The van der Waals surface area contributed by atoms with Crippen LogP contribution in [0.1, 0.15) is 11.8 Å². The van der Waals surface area contributed by atoms with Gasteiger partial charge in [0, 0.05) is 17.6 Å². The third kappa shape index (κ3) is 2.20. The average Bonchev–Trinajstić information content (AvgIpc) is 2.60. The first-order chi connectivity index (χ1) is 7.56. The largest absolute Gasteiger partial charge is 0.375 e. The van der Waals surface area contributed by atoms with E-state index in [-0.39, 0.29) is 24.4 Å². The first kappa shape index (κ1) is 11.0. The fourth-order valence-corrected chi connectivity index (χ4v) is 2.27. The zero-order valence-electron chi connectivity index (χ0n) is 8.77. The summed E-state index contributed by atoms with van der Waals surface area (Å²) in [7, 11) is 0. The lowest BCUT2D eigenvalue weighted by atomic mass is 10.2. The summed E-state index contributed by atoms with van der Waals surface area (Å²) in [5, 5.41) is 2.79. The summed E-state index contributed by atoms with van der Waals surface area (Å²) in [6.45, 7) is 2.52. The van der Waals surface area contributed by atoms with Gasteiger partial charge in [-0.1, -0.05) is 0 Å². The smallest absolute Gasteiger partial charge is 0.243 e. The lowest BCUT2D eigenvalue weighted by molar-refractivity contribution is -0.139. The Morgan fingerprint density at radius 1 is 1.69 bits per heavy atom. The molecule has 2 rings (SSSR count). The number of nitrogen functional groups attached to an aromatic ring is 1. The van der Waals surface area contributed by atoms with Gasteiger partial charge >= 0.3 is 0 Å². The van der Waals surface area contributed by atoms with Gasteiger partial charge in [0.1, 0.15) is 0 Å². The summed E-state index contributed by atoms with van der Waals surface area (Å²) in [5.41, 5.74) is 5.52. The highest BCUT2D eigenvalue weighted by Crippen LogP contribution is 2.18. The molecule has 1 fully saturated rings. The van der Waals surface area contributed by atoms with Crippen molar-refractivity contribution in [2.45, 2.75) is 19.5 Å². The van der Waals surface area contributed by atoms with Crippen LogP contribution >= 0.6 is 11.3 Å². The summed E-state index contributed by atoms with van der Waals surface area (Å²) in [5.74, 6) is -0.519. The average molecular weight is 240 g/mol. The number of carbonyl (C=O) groups excluding carboxylic acids is 2. The fraction of sp³-hybridized carbons (Fsp3) is 0.444. The van der Waals surface area contributed by atoms with Gasteiger partial charge in [0.15, 0.2) is 5.13 Å². The van der Waals surface area contributed by atoms with E-state index in [2.05, 4.69) is 10.3 Å². The van der Waals surface area contributed by atoms with Gasteiger partial charge in [-0.3, -0.25) is 19.8 Å². The molecule has 0 bridgehead atoms. The normalized spacial score (nSPS) is 22.2. The summed E-state index contributed by atoms with van der Waals surface area (Å²) >= 11 is 1.37. The van der Waals surface area contributed by atoms with Crippen molar-refractivity contribution >= 4 is 28.3 Å². The molecule has 0 radical (unpaired) electrons. The van der Waals surface area contributed by atoms with Crippen LogP contribution in [0.25, 0.3) is 0 Å². The van der Waals surface area contributed by atoms with Crippen molar-refractivity contribution in [2.24, 2.45) is 0 Å². The third-order valence-corrected chi connectivity index (χ3v) is 3.28. The summed E-state index contributed by atoms with van der Waals surface area (Å²) < 4.78 is 0. The first-order valence-corrected chi connectivity index (χ1v) is 5.66. The molecule has 1 aliphatic rings. The molecule has 1 aliphatic heterocycles. The second-order valence-electron chi connectivity index (χ2n) is 3.66. The standard InChI is InChI=1S/C9H12N4O2S/c1-5-8(15)12-7(14)4-13(5)3-6-2-11-9(10)16-6/h2,5H,3-4H2,1H3,(H2,10,11)(H,12,14,15). The van der Waals surface area contributed by atoms with Gasteiger partial charge in [0.25, 0.3) is 0 Å². The van der Waals surface area contributed by atoms with E-state index in [9.17, 15) is 9.59 Å². The molecule has 86 valence electrons. The topological polar surface area (TPSA) is 88.3 Å². The number of nitrogens with zero attached hydrogens (tertiary/aromatic N) is 2. The zero-order chi connectivity index (χ0) is 11.7. The Balaban J connectivity index is 2.08. The SMILES string of the molecule is CC1C(=O)NC(=O)CN1Cc1cnc(N)s1. The molecule has 3 N–H and O–H groups in total. The Labute approximate surface area is 96.4 Å². The molecule has 2 heterocycles. The molecule has 6 nitrogen and oxygen atoms in total. The molecule has 16 heavy (non-hydrogen) atoms. The van der Waals surface area contributed by atoms with Crippen molar-refractivity contribution in [3.05, 3.63) is 11.1 Å². The number of thiazole rings is 1. The number of hydrogen-bond donors (Lipinski definition) is 2. The maximum atomic E-state index is 11.4. The van der Waals surface area contributed by atoms with Crippen molar-refractivity contribution in [3.8, 4) is 0 Å². The van der Waals surface area contributed by atoms with Crippen LogP contribution in [-0.2, 0) is 16.1 Å². The molecular formula is C9H12N4O2S. The second-order valence-corrected chi connectivity index (χ2v) is 4.80. The lowest BCUT2D eigenvalue weighted by Crippen LogP contribution is -2.56. The third-order valence-electron chi connectivity index (χ3n) is 2.47. The van der Waals surface area contributed by atoms with Crippen LogP contribution in [0.4, 0.5) is 5.13 Å². The highest BCUT2D eigenvalue weighted by molar-refractivity contribution is 7.15. The van der Waals surface area contributed by atoms with Crippen LogP contribution in [0.3, 0.4) is 0 Å². The van der Waals surface area contributed by atoms with Crippen LogP contribution in [0, 0.1) is 0 Å². The van der Waals surface area contributed by atoms with Gasteiger partial charge < -0.3 is 5.73 Å². The van der Waals surface area contributed by atoms with Gasteiger partial charge in [-0.25, -0.2) is 4.98 Å². The molecule has 2 amide bonds. The Morgan fingerprint density at radius 2 is 2.44 bits per heavy atom. The number of piperazine rings is 1. The molecular weight excluding hydrogens is 228 g/mol. The first-order valence-electron chi connectivity index (χ1n) is 4.84. The lowest BCUT2D eigenvalue weighted by Gasteiger charge is -2.30. The quantitative estimate of drug-likeness (QED) is 0.685. The van der Waals surface area contributed by atoms with Crippen LogP contribution in [0.15, 0.2) is 6.20 Å². The van der Waals surface area contributed by atoms with Crippen molar-refractivity contribution in [1.29, 1.82) is 0 Å². The van der Waals surface area contributed by atoms with Crippen LogP contribution in [0.2, 0.25) is 0 Å². The summed E-state index contributed by atoms with van der Waals surface area (Å²) in [4.78, 5) is 29.3. The van der Waals surface area contributed by atoms with E-state index in [4.69, 9.17) is 5.73 Å². The number of carbonyl (C=O) groups is 2. The Hall–Kier alpha value is -1.47. The molecule has 7 heteroatoms. The molecule has 0 spiro atoms. The number of nitrogens with two attached hydrogens (primary N) is 1. The minimum absolute atomic E-state index is 0.227. The number of imide groups is 1. The molecule has 1 saturated heterocycles. The van der Waals surface area contributed by atoms with Gasteiger partial charge in [0.2, 0.25) is 11.8 Å². The van der Waals surface area contributed by atoms with E-state index in [1.165, 1.54) is 11.3 Å². The Kier molecular flexibility index (Phi) is 2.88. The van der Waals surface area contributed by atoms with Crippen LogP contribution in [0.5, 0.6) is 0 Å². The summed E-state index contributed by atoms with van der Waals surface area (Å²) in [6, 6.07) is -0.305. The van der Waals surface area contributed by atoms with Gasteiger partial charge in [-0.2, -0.15) is 0 Å². The number of anilines is 1. The van der Waals surface area contributed by atoms with Gasteiger partial charge in [-0.05, 0) is 6.92 Å². The highest BCUT2D eigenvalue weighted by atomic mass is 32.1. The number of aromatic nitrogens is 1. The fourth-order valence-electron chi connectivity index (χ4n) is 1.56. The van der Waals surface area contributed by atoms with E-state index >= 15 is 0 Å². The molecule has 0 aromatic carbocycles. The van der Waals surface area contributed by atoms with Gasteiger partial charge in [-0.15, -0.1) is 11.3 Å². The number of nitrogens with one attached hydrogen (secondary N) is 1. The molecule has 1 aromatic rings. The van der Waals surface area contributed by atoms with Crippen molar-refractivity contribution < 1.29 is 9.59 Å². The minimum atomic E-state index is -0.305. The number of hydrogen-bond acceptors (Lipinski definition) is 6. The van der Waals surface area contributed by atoms with E-state index < -0.39 is 0 Å². The number of amides is 2. The molecule has 1 atom stereocenters. The van der Waals surface area contributed by atoms with Crippen molar-refractivity contribution in [3.63, 3.8) is 0 Å². The molecule has 1 aromatic heterocycles. The minimum Gasteiger partial charge on any atom is -0.375 e. The van der Waals surface area contributed by atoms with E-state index in [0.29, 0.717) is 11.7 Å². The van der Waals surface area contributed by atoms with E-state index in [1.54, 1.807) is 18.0 Å². The van der Waals surface area contributed by atoms with E-state index in [0.717, 1.165) is 4.88 Å². The Bertz CT molecular complexity index is 431. The maximum absolute atomic E-state index is 11.4. The highest BCUT2D eigenvalue weighted by Gasteiger charge is 2.30. The summed E-state index contributed by atoms with van der Waals surface area (Å²) in [6.07, 6.45) is 1.67.